The van der Waals surface area contributed by atoms with Crippen LogP contribution >= 0.6 is 0 Å². The fraction of sp³-hybridized carbons (Fsp3) is 0.643. The van der Waals surface area contributed by atoms with E-state index in [1.807, 2.05) is 12.2 Å². The van der Waals surface area contributed by atoms with E-state index in [1.165, 1.54) is 18.4 Å². The van der Waals surface area contributed by atoms with Crippen LogP contribution in [0, 0.1) is 11.3 Å². The van der Waals surface area contributed by atoms with Crippen molar-refractivity contribution in [1.29, 1.82) is 0 Å². The van der Waals surface area contributed by atoms with E-state index in [1.54, 1.807) is 0 Å². The van der Waals surface area contributed by atoms with Crippen LogP contribution in [0.1, 0.15) is 45.4 Å². The molecular formula is C14H20O. The fourth-order valence-electron chi connectivity index (χ4n) is 3.24. The van der Waals surface area contributed by atoms with Crippen LogP contribution in [0.4, 0.5) is 0 Å². The molecule has 2 rings (SSSR count). The molecule has 1 saturated carbocycles. The van der Waals surface area contributed by atoms with Gasteiger partial charge in [-0.25, -0.2) is 0 Å². The molecule has 1 fully saturated rings. The minimum absolute atomic E-state index is 0.292. The van der Waals surface area contributed by atoms with Gasteiger partial charge in [0.25, 0.3) is 0 Å². The second kappa shape index (κ2) is 3.96. The van der Waals surface area contributed by atoms with Gasteiger partial charge in [-0.2, -0.15) is 0 Å². The maximum atomic E-state index is 11.4. The highest BCUT2D eigenvalue weighted by Crippen LogP contribution is 2.51. The normalized spacial score (nSPS) is 35.7. The highest BCUT2D eigenvalue weighted by Gasteiger charge is 2.41. The summed E-state index contributed by atoms with van der Waals surface area (Å²) in [4.78, 5) is 11.4. The molecule has 0 bridgehead atoms. The third kappa shape index (κ3) is 1.80. The van der Waals surface area contributed by atoms with Crippen LogP contribution in [-0.4, -0.2) is 5.78 Å². The van der Waals surface area contributed by atoms with Crippen molar-refractivity contribution < 1.29 is 4.79 Å². The van der Waals surface area contributed by atoms with Crippen molar-refractivity contribution >= 4 is 5.78 Å². The Labute approximate surface area is 92.3 Å². The molecule has 1 heteroatoms. The number of hydrogen-bond acceptors (Lipinski definition) is 1. The second-order valence-corrected chi connectivity index (χ2v) is 5.17. The smallest absolute Gasteiger partial charge is 0.155 e. The topological polar surface area (TPSA) is 17.1 Å². The Morgan fingerprint density at radius 3 is 3.13 bits per heavy atom. The summed E-state index contributed by atoms with van der Waals surface area (Å²) in [6, 6.07) is 0. The first kappa shape index (κ1) is 10.7. The maximum Gasteiger partial charge on any atom is 0.155 e. The molecule has 2 unspecified atom stereocenters. The first-order valence-electron chi connectivity index (χ1n) is 6.01. The van der Waals surface area contributed by atoms with Crippen LogP contribution in [0.3, 0.4) is 0 Å². The summed E-state index contributed by atoms with van der Waals surface area (Å²) in [7, 11) is 0. The number of carbonyl (C=O) groups is 1. The van der Waals surface area contributed by atoms with Gasteiger partial charge in [-0.05, 0) is 49.5 Å². The van der Waals surface area contributed by atoms with Gasteiger partial charge in [0.15, 0.2) is 5.78 Å². The molecule has 0 aromatic heterocycles. The molecule has 0 radical (unpaired) electrons. The zero-order valence-electron chi connectivity index (χ0n) is 9.59. The molecule has 82 valence electrons. The van der Waals surface area contributed by atoms with Crippen molar-refractivity contribution in [3.05, 3.63) is 24.3 Å². The van der Waals surface area contributed by atoms with E-state index < -0.39 is 0 Å². The standard InChI is InChI=1S/C14H20O/c1-3-5-11-6-4-7-12-10-13(15)8-9-14(11,12)2/h3,10-11H,1,4-9H2,2H3. The molecule has 0 heterocycles. The van der Waals surface area contributed by atoms with Crippen LogP contribution in [0.5, 0.6) is 0 Å². The Morgan fingerprint density at radius 1 is 1.60 bits per heavy atom. The third-order valence-corrected chi connectivity index (χ3v) is 4.31. The van der Waals surface area contributed by atoms with Crippen molar-refractivity contribution in [1.82, 2.24) is 0 Å². The molecule has 0 aliphatic heterocycles. The molecule has 2 atom stereocenters. The van der Waals surface area contributed by atoms with Gasteiger partial charge in [-0.15, -0.1) is 6.58 Å². The van der Waals surface area contributed by atoms with E-state index in [0.29, 0.717) is 17.1 Å². The summed E-state index contributed by atoms with van der Waals surface area (Å²) in [5, 5.41) is 0. The number of hydrogen-bond donors (Lipinski definition) is 0. The van der Waals surface area contributed by atoms with Crippen LogP contribution in [0.2, 0.25) is 0 Å². The minimum Gasteiger partial charge on any atom is -0.295 e. The summed E-state index contributed by atoms with van der Waals surface area (Å²) in [6.07, 6.45) is 10.5. The Bertz CT molecular complexity index is 313. The summed E-state index contributed by atoms with van der Waals surface area (Å²) in [6.45, 7) is 6.20. The molecule has 2 aliphatic carbocycles. The van der Waals surface area contributed by atoms with Gasteiger partial charge in [0.05, 0.1) is 0 Å². The van der Waals surface area contributed by atoms with Crippen molar-refractivity contribution in [2.75, 3.05) is 0 Å². The van der Waals surface area contributed by atoms with E-state index in [0.717, 1.165) is 25.7 Å². The number of rotatable bonds is 2. The average Bonchev–Trinajstić information content (AvgIpc) is 2.21. The van der Waals surface area contributed by atoms with Crippen LogP contribution in [-0.2, 0) is 4.79 Å². The quantitative estimate of drug-likeness (QED) is 0.627. The highest BCUT2D eigenvalue weighted by atomic mass is 16.1. The summed E-state index contributed by atoms with van der Waals surface area (Å²) in [5.74, 6) is 1.05. The van der Waals surface area contributed by atoms with Crippen molar-refractivity contribution in [3.63, 3.8) is 0 Å². The second-order valence-electron chi connectivity index (χ2n) is 5.17. The Balaban J connectivity index is 2.28. The maximum absolute atomic E-state index is 11.4. The molecular weight excluding hydrogens is 184 g/mol. The van der Waals surface area contributed by atoms with Gasteiger partial charge in [0.2, 0.25) is 0 Å². The van der Waals surface area contributed by atoms with Crippen molar-refractivity contribution in [3.8, 4) is 0 Å². The summed E-state index contributed by atoms with van der Waals surface area (Å²) in [5.41, 5.74) is 1.71. The molecule has 2 aliphatic rings. The van der Waals surface area contributed by atoms with Gasteiger partial charge in [0, 0.05) is 6.42 Å². The lowest BCUT2D eigenvalue weighted by atomic mass is 9.59. The predicted molar refractivity (Wildman–Crippen MR) is 62.6 cm³/mol. The first-order chi connectivity index (χ1) is 7.16. The highest BCUT2D eigenvalue weighted by molar-refractivity contribution is 5.91. The number of fused-ring (bicyclic) bond motifs is 1. The molecule has 0 spiro atoms. The van der Waals surface area contributed by atoms with E-state index in [9.17, 15) is 4.79 Å². The number of ketones is 1. The van der Waals surface area contributed by atoms with Gasteiger partial charge >= 0.3 is 0 Å². The van der Waals surface area contributed by atoms with Gasteiger partial charge < -0.3 is 0 Å². The third-order valence-electron chi connectivity index (χ3n) is 4.31. The number of carbonyl (C=O) groups excluding carboxylic acids is 1. The summed E-state index contributed by atoms with van der Waals surface area (Å²) >= 11 is 0. The fourth-order valence-corrected chi connectivity index (χ4v) is 3.24. The van der Waals surface area contributed by atoms with Gasteiger partial charge in [0.1, 0.15) is 0 Å². The van der Waals surface area contributed by atoms with E-state index in [2.05, 4.69) is 13.5 Å². The molecule has 1 nitrogen and oxygen atoms in total. The average molecular weight is 204 g/mol. The molecule has 0 amide bonds. The SMILES string of the molecule is C=CCC1CCCC2=CC(=O)CCC21C. The number of allylic oxidation sites excluding steroid dienone is 3. The van der Waals surface area contributed by atoms with E-state index in [4.69, 9.17) is 0 Å². The Kier molecular flexibility index (Phi) is 2.81. The van der Waals surface area contributed by atoms with Gasteiger partial charge in [-0.3, -0.25) is 4.79 Å². The van der Waals surface area contributed by atoms with Gasteiger partial charge in [-0.1, -0.05) is 18.6 Å². The van der Waals surface area contributed by atoms with Crippen LogP contribution < -0.4 is 0 Å². The molecule has 15 heavy (non-hydrogen) atoms. The van der Waals surface area contributed by atoms with Crippen LogP contribution in [0.25, 0.3) is 0 Å². The Hall–Kier alpha value is -0.850. The van der Waals surface area contributed by atoms with Crippen molar-refractivity contribution in [2.45, 2.75) is 45.4 Å². The molecule has 0 aromatic rings. The zero-order chi connectivity index (χ0) is 10.9. The first-order valence-corrected chi connectivity index (χ1v) is 6.01. The predicted octanol–water partition coefficient (Wildman–Crippen LogP) is 3.66. The van der Waals surface area contributed by atoms with E-state index >= 15 is 0 Å². The molecule has 0 N–H and O–H groups in total. The van der Waals surface area contributed by atoms with Crippen LogP contribution in [0.15, 0.2) is 24.3 Å². The monoisotopic (exact) mass is 204 g/mol. The molecule has 0 saturated heterocycles. The minimum atomic E-state index is 0.292. The Morgan fingerprint density at radius 2 is 2.40 bits per heavy atom. The lowest BCUT2D eigenvalue weighted by molar-refractivity contribution is -0.116. The largest absolute Gasteiger partial charge is 0.295 e. The molecule has 0 aromatic carbocycles. The van der Waals surface area contributed by atoms with Crippen molar-refractivity contribution in [2.24, 2.45) is 11.3 Å². The lowest BCUT2D eigenvalue weighted by Gasteiger charge is -2.45. The zero-order valence-corrected chi connectivity index (χ0v) is 9.59. The summed E-state index contributed by atoms with van der Waals surface area (Å²) < 4.78 is 0. The van der Waals surface area contributed by atoms with E-state index in [-0.39, 0.29) is 0 Å². The lowest BCUT2D eigenvalue weighted by Crippen LogP contribution is -2.36.